The summed E-state index contributed by atoms with van der Waals surface area (Å²) in [4.78, 5) is 11.1. The fourth-order valence-corrected chi connectivity index (χ4v) is 3.59. The van der Waals surface area contributed by atoms with E-state index in [1.165, 1.54) is 16.8 Å². The molecule has 0 N–H and O–H groups in total. The average molecular weight is 293 g/mol. The first-order valence-corrected chi connectivity index (χ1v) is 7.89. The van der Waals surface area contributed by atoms with Gasteiger partial charge in [-0.05, 0) is 36.2 Å². The van der Waals surface area contributed by atoms with Crippen LogP contribution in [-0.2, 0) is 6.42 Å². The van der Waals surface area contributed by atoms with E-state index < -0.39 is 0 Å². The van der Waals surface area contributed by atoms with Crippen LogP contribution in [0.3, 0.4) is 0 Å². The van der Waals surface area contributed by atoms with E-state index in [1.54, 1.807) is 11.3 Å². The van der Waals surface area contributed by atoms with Crippen molar-refractivity contribution in [3.63, 3.8) is 0 Å². The minimum absolute atomic E-state index is 1.05. The summed E-state index contributed by atoms with van der Waals surface area (Å²) < 4.78 is 0. The maximum absolute atomic E-state index is 4.77. The molecule has 0 fully saturated rings. The Morgan fingerprint density at radius 2 is 1.95 bits per heavy atom. The van der Waals surface area contributed by atoms with Crippen LogP contribution in [0.4, 0.5) is 5.69 Å². The molecule has 0 atom stereocenters. The number of aromatic nitrogens is 2. The van der Waals surface area contributed by atoms with Gasteiger partial charge >= 0.3 is 0 Å². The molecule has 0 bridgehead atoms. The molecule has 0 spiro atoms. The SMILES string of the molecule is CN1CCc2cc(-c3csc(-c4ccncc4)n3)ccc21. The van der Waals surface area contributed by atoms with E-state index >= 15 is 0 Å². The zero-order valence-electron chi connectivity index (χ0n) is 11.8. The Bertz CT molecular complexity index is 780. The Morgan fingerprint density at radius 1 is 1.10 bits per heavy atom. The molecule has 0 amide bonds. The number of nitrogens with zero attached hydrogens (tertiary/aromatic N) is 3. The number of hydrogen-bond acceptors (Lipinski definition) is 4. The van der Waals surface area contributed by atoms with Crippen LogP contribution in [0, 0.1) is 0 Å². The molecule has 0 saturated carbocycles. The molecule has 0 saturated heterocycles. The Morgan fingerprint density at radius 3 is 2.81 bits per heavy atom. The predicted molar refractivity (Wildman–Crippen MR) is 87.8 cm³/mol. The number of thiazole rings is 1. The summed E-state index contributed by atoms with van der Waals surface area (Å²) in [5.74, 6) is 0. The third kappa shape index (κ3) is 2.21. The van der Waals surface area contributed by atoms with E-state index in [-0.39, 0.29) is 0 Å². The van der Waals surface area contributed by atoms with E-state index in [0.717, 1.165) is 29.2 Å². The molecule has 0 radical (unpaired) electrons. The maximum atomic E-state index is 4.77. The van der Waals surface area contributed by atoms with E-state index in [2.05, 4.69) is 40.5 Å². The largest absolute Gasteiger partial charge is 0.374 e. The summed E-state index contributed by atoms with van der Waals surface area (Å²) in [6, 6.07) is 10.7. The smallest absolute Gasteiger partial charge is 0.124 e. The van der Waals surface area contributed by atoms with Gasteiger partial charge in [-0.3, -0.25) is 4.98 Å². The van der Waals surface area contributed by atoms with Gasteiger partial charge in [-0.1, -0.05) is 6.07 Å². The molecule has 1 aliphatic rings. The molecule has 4 rings (SSSR count). The topological polar surface area (TPSA) is 29.0 Å². The highest BCUT2D eigenvalue weighted by atomic mass is 32.1. The van der Waals surface area contributed by atoms with Crippen LogP contribution in [0.2, 0.25) is 0 Å². The first-order valence-electron chi connectivity index (χ1n) is 7.01. The number of pyridine rings is 1. The van der Waals surface area contributed by atoms with Gasteiger partial charge in [-0.25, -0.2) is 4.98 Å². The fourth-order valence-electron chi connectivity index (χ4n) is 2.76. The second-order valence-corrected chi connectivity index (χ2v) is 6.15. The number of anilines is 1. The van der Waals surface area contributed by atoms with Crippen molar-refractivity contribution in [3.05, 3.63) is 53.7 Å². The van der Waals surface area contributed by atoms with Crippen LogP contribution in [-0.4, -0.2) is 23.6 Å². The quantitative estimate of drug-likeness (QED) is 0.718. The van der Waals surface area contributed by atoms with Crippen LogP contribution >= 0.6 is 11.3 Å². The molecule has 1 aliphatic heterocycles. The zero-order chi connectivity index (χ0) is 14.2. The van der Waals surface area contributed by atoms with Gasteiger partial charge in [0.15, 0.2) is 0 Å². The molecule has 3 aromatic rings. The van der Waals surface area contributed by atoms with Crippen molar-refractivity contribution in [3.8, 4) is 21.8 Å². The van der Waals surface area contributed by atoms with Crippen LogP contribution in [0.25, 0.3) is 21.8 Å². The van der Waals surface area contributed by atoms with E-state index in [4.69, 9.17) is 4.98 Å². The molecule has 0 aliphatic carbocycles. The van der Waals surface area contributed by atoms with E-state index in [9.17, 15) is 0 Å². The highest BCUT2D eigenvalue weighted by molar-refractivity contribution is 7.13. The standard InChI is InChI=1S/C17H15N3S/c1-20-9-6-14-10-13(2-3-16(14)20)15-11-21-17(19-15)12-4-7-18-8-5-12/h2-5,7-8,10-11H,6,9H2,1H3. The van der Waals surface area contributed by atoms with Gasteiger partial charge in [0.2, 0.25) is 0 Å². The molecule has 2 aromatic heterocycles. The first kappa shape index (κ1) is 12.5. The van der Waals surface area contributed by atoms with Gasteiger partial charge in [0.1, 0.15) is 5.01 Å². The molecular weight excluding hydrogens is 278 g/mol. The number of fused-ring (bicyclic) bond motifs is 1. The van der Waals surface area contributed by atoms with Gasteiger partial charge in [0.05, 0.1) is 5.69 Å². The number of benzene rings is 1. The van der Waals surface area contributed by atoms with E-state index in [1.807, 2.05) is 24.5 Å². The first-order chi connectivity index (χ1) is 10.3. The summed E-state index contributed by atoms with van der Waals surface area (Å²) >= 11 is 1.68. The maximum Gasteiger partial charge on any atom is 0.124 e. The lowest BCUT2D eigenvalue weighted by atomic mass is 10.1. The van der Waals surface area contributed by atoms with Gasteiger partial charge in [-0.15, -0.1) is 11.3 Å². The summed E-state index contributed by atoms with van der Waals surface area (Å²) in [7, 11) is 2.15. The normalized spacial score (nSPS) is 13.5. The van der Waals surface area contributed by atoms with Crippen molar-refractivity contribution < 1.29 is 0 Å². The highest BCUT2D eigenvalue weighted by Gasteiger charge is 2.16. The third-order valence-corrected chi connectivity index (χ3v) is 4.83. The summed E-state index contributed by atoms with van der Waals surface area (Å²) in [5.41, 5.74) is 6.17. The summed E-state index contributed by atoms with van der Waals surface area (Å²) in [5, 5.41) is 3.18. The van der Waals surface area contributed by atoms with Crippen molar-refractivity contribution in [2.24, 2.45) is 0 Å². The number of hydrogen-bond donors (Lipinski definition) is 0. The molecule has 4 heteroatoms. The van der Waals surface area contributed by atoms with Crippen molar-refractivity contribution in [1.82, 2.24) is 9.97 Å². The molecular formula is C17H15N3S. The lowest BCUT2D eigenvalue weighted by Crippen LogP contribution is -2.12. The minimum atomic E-state index is 1.05. The number of rotatable bonds is 2. The number of likely N-dealkylation sites (N-methyl/N-ethyl adjacent to an activating group) is 1. The molecule has 3 nitrogen and oxygen atoms in total. The molecule has 1 aromatic carbocycles. The van der Waals surface area contributed by atoms with Gasteiger partial charge in [-0.2, -0.15) is 0 Å². The monoisotopic (exact) mass is 293 g/mol. The Hall–Kier alpha value is -2.20. The van der Waals surface area contributed by atoms with Crippen molar-refractivity contribution in [2.75, 3.05) is 18.5 Å². The predicted octanol–water partition coefficient (Wildman–Crippen LogP) is 3.86. The van der Waals surface area contributed by atoms with Crippen LogP contribution in [0.1, 0.15) is 5.56 Å². The second-order valence-electron chi connectivity index (χ2n) is 5.29. The summed E-state index contributed by atoms with van der Waals surface area (Å²) in [6.45, 7) is 1.11. The lowest BCUT2D eigenvalue weighted by molar-refractivity contribution is 0.956. The van der Waals surface area contributed by atoms with Crippen molar-refractivity contribution in [1.29, 1.82) is 0 Å². The van der Waals surface area contributed by atoms with Gasteiger partial charge < -0.3 is 4.90 Å². The Kier molecular flexibility index (Phi) is 2.97. The van der Waals surface area contributed by atoms with Crippen molar-refractivity contribution >= 4 is 17.0 Å². The zero-order valence-corrected chi connectivity index (χ0v) is 12.6. The Labute approximate surface area is 127 Å². The highest BCUT2D eigenvalue weighted by Crippen LogP contribution is 2.33. The third-order valence-electron chi connectivity index (χ3n) is 3.93. The second kappa shape index (κ2) is 4.97. The van der Waals surface area contributed by atoms with E-state index in [0.29, 0.717) is 0 Å². The van der Waals surface area contributed by atoms with Crippen LogP contribution < -0.4 is 4.90 Å². The van der Waals surface area contributed by atoms with Crippen molar-refractivity contribution in [2.45, 2.75) is 6.42 Å². The average Bonchev–Trinajstić information content (AvgIpc) is 3.15. The van der Waals surface area contributed by atoms with Gasteiger partial charge in [0, 0.05) is 48.2 Å². The van der Waals surface area contributed by atoms with Crippen LogP contribution in [0.5, 0.6) is 0 Å². The molecule has 3 heterocycles. The molecule has 21 heavy (non-hydrogen) atoms. The Balaban J connectivity index is 1.70. The minimum Gasteiger partial charge on any atom is -0.374 e. The fraction of sp³-hybridized carbons (Fsp3) is 0.176. The molecule has 104 valence electrons. The van der Waals surface area contributed by atoms with Gasteiger partial charge in [0.25, 0.3) is 0 Å². The summed E-state index contributed by atoms with van der Waals surface area (Å²) in [6.07, 6.45) is 4.74. The molecule has 0 unspecified atom stereocenters. The lowest BCUT2D eigenvalue weighted by Gasteiger charge is -2.11. The van der Waals surface area contributed by atoms with Crippen LogP contribution in [0.15, 0.2) is 48.1 Å².